The number of hydrogen-bond donors (Lipinski definition) is 0. The second-order valence-corrected chi connectivity index (χ2v) is 7.66. The van der Waals surface area contributed by atoms with Gasteiger partial charge in [-0.2, -0.15) is 0 Å². The normalized spacial score (nSPS) is 35.6. The van der Waals surface area contributed by atoms with Crippen molar-refractivity contribution in [2.24, 2.45) is 16.7 Å². The first kappa shape index (κ1) is 15.5. The molecule has 3 heteroatoms. The fraction of sp³-hybridized carbons (Fsp3) is 0.632. The van der Waals surface area contributed by atoms with Crippen LogP contribution in [0.4, 0.5) is 4.39 Å². The van der Waals surface area contributed by atoms with Crippen molar-refractivity contribution in [3.8, 4) is 0 Å². The van der Waals surface area contributed by atoms with E-state index < -0.39 is 5.60 Å². The molecule has 3 atom stereocenters. The lowest BCUT2D eigenvalue weighted by molar-refractivity contribution is -0.182. The number of benzene rings is 1. The third-order valence-corrected chi connectivity index (χ3v) is 6.75. The first-order chi connectivity index (χ1) is 10.3. The molecule has 1 aromatic rings. The Morgan fingerprint density at radius 2 is 1.91 bits per heavy atom. The largest absolute Gasteiger partial charge is 0.454 e. The van der Waals surface area contributed by atoms with Gasteiger partial charge < -0.3 is 4.74 Å². The van der Waals surface area contributed by atoms with Gasteiger partial charge in [0.15, 0.2) is 0 Å². The predicted molar refractivity (Wildman–Crippen MR) is 83.7 cm³/mol. The number of carbonyl (C=O) groups is 1. The van der Waals surface area contributed by atoms with Gasteiger partial charge in [0, 0.05) is 11.8 Å². The van der Waals surface area contributed by atoms with Gasteiger partial charge in [0.05, 0.1) is 0 Å². The molecule has 2 aliphatic rings. The van der Waals surface area contributed by atoms with E-state index in [2.05, 4.69) is 20.8 Å². The Kier molecular flexibility index (Phi) is 3.39. The summed E-state index contributed by atoms with van der Waals surface area (Å²) in [7, 11) is 0. The maximum Gasteiger partial charge on any atom is 0.306 e. The summed E-state index contributed by atoms with van der Waals surface area (Å²) in [4.78, 5) is 12.1. The third kappa shape index (κ3) is 1.80. The number of halogens is 1. The fourth-order valence-electron chi connectivity index (χ4n) is 4.88. The molecule has 22 heavy (non-hydrogen) atoms. The molecule has 2 nitrogen and oxygen atoms in total. The highest BCUT2D eigenvalue weighted by atomic mass is 19.1. The highest BCUT2D eigenvalue weighted by molar-refractivity contribution is 5.70. The van der Waals surface area contributed by atoms with Crippen molar-refractivity contribution in [1.29, 1.82) is 0 Å². The fourth-order valence-corrected chi connectivity index (χ4v) is 4.88. The average Bonchev–Trinajstić information content (AvgIpc) is 2.80. The van der Waals surface area contributed by atoms with E-state index >= 15 is 0 Å². The minimum atomic E-state index is -0.625. The standard InChI is InChI=1S/C19H25FO2/c1-5-16(21)22-19(13-6-8-15(20)9-7-13)12-14-10-11-18(19,4)17(14,2)3/h6-9,14H,5,10-12H2,1-4H3/t14?,18?,19-/m0/s1. The Morgan fingerprint density at radius 3 is 2.36 bits per heavy atom. The Hall–Kier alpha value is -1.38. The van der Waals surface area contributed by atoms with Crippen molar-refractivity contribution < 1.29 is 13.9 Å². The number of rotatable bonds is 3. The van der Waals surface area contributed by atoms with Gasteiger partial charge in [-0.1, -0.05) is 39.8 Å². The number of carbonyl (C=O) groups excluding carboxylic acids is 1. The summed E-state index contributed by atoms with van der Waals surface area (Å²) in [6.07, 6.45) is 3.42. The first-order valence-electron chi connectivity index (χ1n) is 8.25. The maximum absolute atomic E-state index is 13.4. The van der Waals surface area contributed by atoms with Gasteiger partial charge in [-0.15, -0.1) is 0 Å². The molecule has 2 saturated carbocycles. The van der Waals surface area contributed by atoms with E-state index in [1.54, 1.807) is 12.1 Å². The SMILES string of the molecule is CCC(=O)O[C@]1(c2ccc(F)cc2)CC2CCC1(C)C2(C)C. The van der Waals surface area contributed by atoms with Crippen LogP contribution in [-0.2, 0) is 15.1 Å². The van der Waals surface area contributed by atoms with Crippen LogP contribution in [0.5, 0.6) is 0 Å². The topological polar surface area (TPSA) is 26.3 Å². The number of hydrogen-bond acceptors (Lipinski definition) is 2. The Labute approximate surface area is 132 Å². The van der Waals surface area contributed by atoms with E-state index in [9.17, 15) is 9.18 Å². The zero-order valence-corrected chi connectivity index (χ0v) is 13.9. The smallest absolute Gasteiger partial charge is 0.306 e. The highest BCUT2D eigenvalue weighted by Gasteiger charge is 2.71. The summed E-state index contributed by atoms with van der Waals surface area (Å²) in [6.45, 7) is 8.64. The predicted octanol–water partition coefficient (Wildman–Crippen LogP) is 4.82. The summed E-state index contributed by atoms with van der Waals surface area (Å²) >= 11 is 0. The molecule has 0 aromatic heterocycles. The summed E-state index contributed by atoms with van der Waals surface area (Å²) < 4.78 is 19.4. The van der Waals surface area contributed by atoms with E-state index in [0.29, 0.717) is 12.3 Å². The van der Waals surface area contributed by atoms with Gasteiger partial charge in [-0.3, -0.25) is 4.79 Å². The van der Waals surface area contributed by atoms with Crippen LogP contribution in [0.1, 0.15) is 58.9 Å². The van der Waals surface area contributed by atoms with Crippen LogP contribution in [0.2, 0.25) is 0 Å². The van der Waals surface area contributed by atoms with E-state index in [0.717, 1.165) is 18.4 Å². The van der Waals surface area contributed by atoms with Crippen LogP contribution >= 0.6 is 0 Å². The van der Waals surface area contributed by atoms with E-state index in [1.165, 1.54) is 18.6 Å². The van der Waals surface area contributed by atoms with Gasteiger partial charge in [0.1, 0.15) is 11.4 Å². The summed E-state index contributed by atoms with van der Waals surface area (Å²) in [5, 5.41) is 0. The summed E-state index contributed by atoms with van der Waals surface area (Å²) in [6, 6.07) is 6.53. The van der Waals surface area contributed by atoms with Crippen LogP contribution in [0.25, 0.3) is 0 Å². The Balaban J connectivity index is 2.14. The molecule has 0 amide bonds. The molecule has 0 spiro atoms. The summed E-state index contributed by atoms with van der Waals surface area (Å²) in [5.74, 6) is 0.106. The van der Waals surface area contributed by atoms with Gasteiger partial charge in [-0.25, -0.2) is 4.39 Å². The average molecular weight is 304 g/mol. The van der Waals surface area contributed by atoms with Crippen molar-refractivity contribution in [3.05, 3.63) is 35.6 Å². The molecule has 1 aromatic carbocycles. The van der Waals surface area contributed by atoms with E-state index in [-0.39, 0.29) is 22.6 Å². The second-order valence-electron chi connectivity index (χ2n) is 7.66. The number of ether oxygens (including phenoxy) is 1. The molecule has 2 fully saturated rings. The Morgan fingerprint density at radius 1 is 1.27 bits per heavy atom. The lowest BCUT2D eigenvalue weighted by Gasteiger charge is -2.48. The third-order valence-electron chi connectivity index (χ3n) is 6.75. The van der Waals surface area contributed by atoms with Crippen LogP contribution < -0.4 is 0 Å². The van der Waals surface area contributed by atoms with Gasteiger partial charge in [0.2, 0.25) is 0 Å². The van der Waals surface area contributed by atoms with Crippen molar-refractivity contribution in [2.45, 2.75) is 59.0 Å². The zero-order valence-electron chi connectivity index (χ0n) is 13.9. The number of fused-ring (bicyclic) bond motifs is 2. The molecule has 120 valence electrons. The second kappa shape index (κ2) is 4.81. The molecule has 0 saturated heterocycles. The van der Waals surface area contributed by atoms with Crippen LogP contribution in [0.15, 0.2) is 24.3 Å². The van der Waals surface area contributed by atoms with Crippen LogP contribution in [-0.4, -0.2) is 5.97 Å². The molecule has 2 aliphatic carbocycles. The quantitative estimate of drug-likeness (QED) is 0.748. The lowest BCUT2D eigenvalue weighted by atomic mass is 9.62. The molecule has 0 N–H and O–H groups in total. The molecule has 2 bridgehead atoms. The van der Waals surface area contributed by atoms with Crippen LogP contribution in [0.3, 0.4) is 0 Å². The minimum absolute atomic E-state index is 0.107. The van der Waals surface area contributed by atoms with Gasteiger partial charge in [-0.05, 0) is 48.3 Å². The molecule has 3 rings (SSSR count). The van der Waals surface area contributed by atoms with Gasteiger partial charge in [0.25, 0.3) is 0 Å². The number of esters is 1. The van der Waals surface area contributed by atoms with Crippen LogP contribution in [0, 0.1) is 22.6 Å². The van der Waals surface area contributed by atoms with Crippen molar-refractivity contribution >= 4 is 5.97 Å². The maximum atomic E-state index is 13.4. The first-order valence-corrected chi connectivity index (χ1v) is 8.25. The molecule has 0 aliphatic heterocycles. The lowest BCUT2D eigenvalue weighted by Crippen LogP contribution is -2.48. The molecule has 2 unspecified atom stereocenters. The Bertz CT molecular complexity index is 592. The minimum Gasteiger partial charge on any atom is -0.454 e. The highest BCUT2D eigenvalue weighted by Crippen LogP contribution is 2.73. The van der Waals surface area contributed by atoms with Crippen molar-refractivity contribution in [1.82, 2.24) is 0 Å². The zero-order chi connectivity index (χ0) is 16.2. The monoisotopic (exact) mass is 304 g/mol. The van der Waals surface area contributed by atoms with Crippen molar-refractivity contribution in [3.63, 3.8) is 0 Å². The van der Waals surface area contributed by atoms with E-state index in [1.807, 2.05) is 6.92 Å². The molecule has 0 radical (unpaired) electrons. The molecule has 0 heterocycles. The van der Waals surface area contributed by atoms with E-state index in [4.69, 9.17) is 4.74 Å². The van der Waals surface area contributed by atoms with Crippen molar-refractivity contribution in [2.75, 3.05) is 0 Å². The van der Waals surface area contributed by atoms with Gasteiger partial charge >= 0.3 is 5.97 Å². The summed E-state index contributed by atoms with van der Waals surface area (Å²) in [5.41, 5.74) is 0.302. The molecular formula is C19H25FO2. The molecular weight excluding hydrogens is 279 g/mol.